The third-order valence-electron chi connectivity index (χ3n) is 4.49. The van der Waals surface area contributed by atoms with Crippen molar-refractivity contribution in [2.45, 2.75) is 13.8 Å². The van der Waals surface area contributed by atoms with Gasteiger partial charge in [0.25, 0.3) is 5.91 Å². The van der Waals surface area contributed by atoms with Crippen LogP contribution in [-0.2, 0) is 0 Å². The smallest absolute Gasteiger partial charge is 0.295 e. The van der Waals surface area contributed by atoms with Gasteiger partial charge in [-0.05, 0) is 44.2 Å². The zero-order valence-corrected chi connectivity index (χ0v) is 16.8. The van der Waals surface area contributed by atoms with Gasteiger partial charge in [0, 0.05) is 5.56 Å². The molecule has 0 spiro atoms. The second-order valence-electron chi connectivity index (χ2n) is 6.81. The molecule has 0 unspecified atom stereocenters. The van der Waals surface area contributed by atoms with Crippen LogP contribution in [0.15, 0.2) is 72.8 Å². The van der Waals surface area contributed by atoms with Crippen molar-refractivity contribution in [3.05, 3.63) is 94.8 Å². The lowest BCUT2D eigenvalue weighted by molar-refractivity contribution is 0.101. The van der Waals surface area contributed by atoms with Gasteiger partial charge in [-0.15, -0.1) is 5.10 Å². The van der Waals surface area contributed by atoms with Crippen LogP contribution in [0.25, 0.3) is 17.1 Å². The van der Waals surface area contributed by atoms with Gasteiger partial charge >= 0.3 is 0 Å². The van der Waals surface area contributed by atoms with Gasteiger partial charge in [-0.3, -0.25) is 4.79 Å². The van der Waals surface area contributed by atoms with E-state index in [0.29, 0.717) is 16.5 Å². The summed E-state index contributed by atoms with van der Waals surface area (Å²) in [7, 11) is 0. The number of halogens is 1. The van der Waals surface area contributed by atoms with Crippen molar-refractivity contribution in [3.8, 4) is 17.1 Å². The standard InChI is InChI=1S/C23H19ClN4O/c1-15-10-12-18(13-11-15)28-22(17-7-5-6-16(2)14-17)26-21(27-28)23(29)25-20-9-4-3-8-19(20)24/h3-14H,1-2H3,(H,25,29). The van der Waals surface area contributed by atoms with Crippen LogP contribution in [0.5, 0.6) is 0 Å². The van der Waals surface area contributed by atoms with Gasteiger partial charge in [0.2, 0.25) is 5.82 Å². The summed E-state index contributed by atoms with van der Waals surface area (Å²) < 4.78 is 1.69. The lowest BCUT2D eigenvalue weighted by Gasteiger charge is -2.07. The number of anilines is 1. The number of amides is 1. The average Bonchev–Trinajstić information content (AvgIpc) is 3.16. The molecule has 1 aromatic heterocycles. The number of hydrogen-bond donors (Lipinski definition) is 1. The quantitative estimate of drug-likeness (QED) is 0.493. The molecule has 6 heteroatoms. The van der Waals surface area contributed by atoms with Crippen molar-refractivity contribution in [2.75, 3.05) is 5.32 Å². The third kappa shape index (κ3) is 4.05. The second kappa shape index (κ2) is 7.89. The Balaban J connectivity index is 1.78. The highest BCUT2D eigenvalue weighted by Gasteiger charge is 2.19. The number of benzene rings is 3. The molecule has 144 valence electrons. The van der Waals surface area contributed by atoms with Crippen LogP contribution in [0.4, 0.5) is 5.69 Å². The number of carbonyl (C=O) groups excluding carboxylic acids is 1. The third-order valence-corrected chi connectivity index (χ3v) is 4.82. The lowest BCUT2D eigenvalue weighted by atomic mass is 10.1. The molecule has 0 bridgehead atoms. The SMILES string of the molecule is Cc1ccc(-n2nc(C(=O)Nc3ccccc3Cl)nc2-c2cccc(C)c2)cc1. The maximum Gasteiger partial charge on any atom is 0.295 e. The van der Waals surface area contributed by atoms with E-state index in [9.17, 15) is 4.79 Å². The topological polar surface area (TPSA) is 59.8 Å². The van der Waals surface area contributed by atoms with Gasteiger partial charge in [-0.1, -0.05) is 65.2 Å². The van der Waals surface area contributed by atoms with Gasteiger partial charge < -0.3 is 5.32 Å². The molecule has 4 rings (SSSR count). The number of para-hydroxylation sites is 1. The number of aromatic nitrogens is 3. The minimum absolute atomic E-state index is 0.0713. The fourth-order valence-corrected chi connectivity index (χ4v) is 3.17. The second-order valence-corrected chi connectivity index (χ2v) is 7.22. The van der Waals surface area contributed by atoms with Crippen molar-refractivity contribution >= 4 is 23.2 Å². The summed E-state index contributed by atoms with van der Waals surface area (Å²) in [5.74, 6) is 0.252. The van der Waals surface area contributed by atoms with E-state index in [2.05, 4.69) is 15.4 Å². The van der Waals surface area contributed by atoms with Crippen LogP contribution in [-0.4, -0.2) is 20.7 Å². The molecule has 29 heavy (non-hydrogen) atoms. The van der Waals surface area contributed by atoms with Crippen LogP contribution in [0, 0.1) is 13.8 Å². The molecule has 3 aromatic carbocycles. The van der Waals surface area contributed by atoms with E-state index in [1.807, 2.05) is 62.4 Å². The first-order chi connectivity index (χ1) is 14.0. The zero-order chi connectivity index (χ0) is 20.4. The van der Waals surface area contributed by atoms with Crippen molar-refractivity contribution < 1.29 is 4.79 Å². The van der Waals surface area contributed by atoms with Crippen LogP contribution in [0.1, 0.15) is 21.7 Å². The Labute approximate surface area is 174 Å². The van der Waals surface area contributed by atoms with Gasteiger partial charge in [-0.25, -0.2) is 9.67 Å². The van der Waals surface area contributed by atoms with Gasteiger partial charge in [-0.2, -0.15) is 0 Å². The molecule has 4 aromatic rings. The van der Waals surface area contributed by atoms with E-state index >= 15 is 0 Å². The van der Waals surface area contributed by atoms with Crippen molar-refractivity contribution in [3.63, 3.8) is 0 Å². The average molecular weight is 403 g/mol. The Bertz CT molecular complexity index is 1180. The molecule has 0 aliphatic carbocycles. The number of aryl methyl sites for hydroxylation is 2. The lowest BCUT2D eigenvalue weighted by Crippen LogP contribution is -2.14. The highest BCUT2D eigenvalue weighted by molar-refractivity contribution is 6.33. The molecule has 0 fully saturated rings. The van der Waals surface area contributed by atoms with Crippen molar-refractivity contribution in [1.29, 1.82) is 0 Å². The van der Waals surface area contributed by atoms with Crippen LogP contribution < -0.4 is 5.32 Å². The molecule has 0 radical (unpaired) electrons. The molecule has 0 saturated carbocycles. The van der Waals surface area contributed by atoms with E-state index in [4.69, 9.17) is 11.6 Å². The Morgan fingerprint density at radius 2 is 1.69 bits per heavy atom. The molecule has 0 aliphatic heterocycles. The number of nitrogens with zero attached hydrogens (tertiary/aromatic N) is 3. The first-order valence-electron chi connectivity index (χ1n) is 9.18. The van der Waals surface area contributed by atoms with E-state index < -0.39 is 5.91 Å². The number of hydrogen-bond acceptors (Lipinski definition) is 3. The first-order valence-corrected chi connectivity index (χ1v) is 9.56. The molecule has 5 nitrogen and oxygen atoms in total. The molecule has 1 N–H and O–H groups in total. The maximum atomic E-state index is 12.8. The largest absolute Gasteiger partial charge is 0.318 e. The summed E-state index contributed by atoms with van der Waals surface area (Å²) in [6.45, 7) is 4.04. The van der Waals surface area contributed by atoms with Gasteiger partial charge in [0.05, 0.1) is 16.4 Å². The van der Waals surface area contributed by atoms with E-state index in [1.165, 1.54) is 0 Å². The highest BCUT2D eigenvalue weighted by Crippen LogP contribution is 2.24. The predicted molar refractivity (Wildman–Crippen MR) is 116 cm³/mol. The monoisotopic (exact) mass is 402 g/mol. The summed E-state index contributed by atoms with van der Waals surface area (Å²) in [5, 5.41) is 7.73. The van der Waals surface area contributed by atoms with E-state index in [0.717, 1.165) is 22.4 Å². The maximum absolute atomic E-state index is 12.8. The summed E-state index contributed by atoms with van der Waals surface area (Å²) in [4.78, 5) is 17.4. The summed E-state index contributed by atoms with van der Waals surface area (Å²) in [6.07, 6.45) is 0. The number of carbonyl (C=O) groups is 1. The highest BCUT2D eigenvalue weighted by atomic mass is 35.5. The van der Waals surface area contributed by atoms with Crippen LogP contribution >= 0.6 is 11.6 Å². The first kappa shape index (κ1) is 18.9. The zero-order valence-electron chi connectivity index (χ0n) is 16.1. The van der Waals surface area contributed by atoms with Gasteiger partial charge in [0.15, 0.2) is 5.82 Å². The summed E-state index contributed by atoms with van der Waals surface area (Å²) in [6, 6.07) is 22.9. The van der Waals surface area contributed by atoms with Crippen LogP contribution in [0.3, 0.4) is 0 Å². The Morgan fingerprint density at radius 1 is 0.931 bits per heavy atom. The molecular weight excluding hydrogens is 384 g/mol. The fourth-order valence-electron chi connectivity index (χ4n) is 2.99. The predicted octanol–water partition coefficient (Wildman–Crippen LogP) is 5.46. The normalized spacial score (nSPS) is 10.7. The van der Waals surface area contributed by atoms with Crippen LogP contribution in [0.2, 0.25) is 5.02 Å². The number of rotatable bonds is 4. The van der Waals surface area contributed by atoms with E-state index in [1.54, 1.807) is 28.9 Å². The van der Waals surface area contributed by atoms with Crippen molar-refractivity contribution in [2.24, 2.45) is 0 Å². The molecule has 0 atom stereocenters. The fraction of sp³-hybridized carbons (Fsp3) is 0.0870. The van der Waals surface area contributed by atoms with E-state index in [-0.39, 0.29) is 5.82 Å². The minimum Gasteiger partial charge on any atom is -0.318 e. The molecule has 0 saturated heterocycles. The molecular formula is C23H19ClN4O. The van der Waals surface area contributed by atoms with Gasteiger partial charge in [0.1, 0.15) is 0 Å². The Kier molecular flexibility index (Phi) is 5.14. The number of nitrogens with one attached hydrogen (secondary N) is 1. The summed E-state index contributed by atoms with van der Waals surface area (Å²) >= 11 is 6.16. The molecule has 1 amide bonds. The Hall–Kier alpha value is -3.44. The summed E-state index contributed by atoms with van der Waals surface area (Å²) in [5.41, 5.74) is 4.47. The molecule has 1 heterocycles. The Morgan fingerprint density at radius 3 is 2.41 bits per heavy atom. The molecule has 0 aliphatic rings. The minimum atomic E-state index is -0.419. The van der Waals surface area contributed by atoms with Crippen molar-refractivity contribution in [1.82, 2.24) is 14.8 Å².